The number of morpholine rings is 2. The van der Waals surface area contributed by atoms with Gasteiger partial charge >= 0.3 is 5.97 Å². The third-order valence-electron chi connectivity index (χ3n) is 10.4. The summed E-state index contributed by atoms with van der Waals surface area (Å²) in [6, 6.07) is 8.14. The van der Waals surface area contributed by atoms with Crippen LogP contribution in [0.4, 0.5) is 11.6 Å². The van der Waals surface area contributed by atoms with E-state index in [1.54, 1.807) is 24.7 Å². The predicted octanol–water partition coefficient (Wildman–Crippen LogP) is 5.29. The first-order valence-electron chi connectivity index (χ1n) is 18.6. The summed E-state index contributed by atoms with van der Waals surface area (Å²) in [6.07, 6.45) is 10.8. The van der Waals surface area contributed by atoms with Crippen LogP contribution in [0.2, 0.25) is 0 Å². The monoisotopic (exact) mass is 756 g/mol. The van der Waals surface area contributed by atoms with E-state index in [1.165, 1.54) is 7.11 Å². The molecule has 16 nitrogen and oxygen atoms in total. The summed E-state index contributed by atoms with van der Waals surface area (Å²) < 4.78 is 18.3. The van der Waals surface area contributed by atoms with Gasteiger partial charge in [-0.15, -0.1) is 0 Å². The number of hydrogen-bond donors (Lipinski definition) is 2. The van der Waals surface area contributed by atoms with Crippen LogP contribution in [0.15, 0.2) is 61.6 Å². The van der Waals surface area contributed by atoms with Crippen LogP contribution in [0.3, 0.4) is 0 Å². The first kappa shape index (κ1) is 36.7. The molecule has 0 unspecified atom stereocenters. The fourth-order valence-corrected chi connectivity index (χ4v) is 7.47. The molecular formula is C40H44N12O4. The van der Waals surface area contributed by atoms with Crippen LogP contribution in [0.25, 0.3) is 55.8 Å². The second-order valence-corrected chi connectivity index (χ2v) is 14.1. The van der Waals surface area contributed by atoms with Crippen molar-refractivity contribution in [1.82, 2.24) is 49.9 Å². The molecule has 288 valence electrons. The van der Waals surface area contributed by atoms with E-state index < -0.39 is 5.97 Å². The molecule has 0 bridgehead atoms. The molecule has 0 radical (unpaired) electrons. The van der Waals surface area contributed by atoms with Gasteiger partial charge in [-0.1, -0.05) is 0 Å². The molecule has 0 aliphatic carbocycles. The summed E-state index contributed by atoms with van der Waals surface area (Å²) in [4.78, 5) is 40.6. The Morgan fingerprint density at radius 3 is 1.86 bits per heavy atom. The Kier molecular flexibility index (Phi) is 10.1. The molecule has 16 heteroatoms. The number of methoxy groups -OCH3 is 1. The number of H-pyrrole nitrogens is 2. The van der Waals surface area contributed by atoms with Crippen LogP contribution >= 0.6 is 0 Å². The van der Waals surface area contributed by atoms with Crippen LogP contribution in [-0.2, 0) is 21.3 Å². The minimum atomic E-state index is -0.394. The third-order valence-corrected chi connectivity index (χ3v) is 10.4. The summed E-state index contributed by atoms with van der Waals surface area (Å²) in [7, 11) is 3.40. The maximum atomic E-state index is 12.6. The van der Waals surface area contributed by atoms with E-state index in [2.05, 4.69) is 67.0 Å². The maximum Gasteiger partial charge on any atom is 0.338 e. The van der Waals surface area contributed by atoms with E-state index >= 15 is 0 Å². The number of aromatic amines is 2. The smallest absolute Gasteiger partial charge is 0.338 e. The minimum absolute atomic E-state index is 0.155. The molecule has 7 aromatic rings. The number of carbonyl (C=O) groups excluding carboxylic acids is 1. The molecule has 2 aliphatic rings. The fourth-order valence-electron chi connectivity index (χ4n) is 7.47. The molecule has 9 rings (SSSR count). The van der Waals surface area contributed by atoms with Gasteiger partial charge in [0.05, 0.1) is 80.8 Å². The van der Waals surface area contributed by atoms with Crippen molar-refractivity contribution in [3.63, 3.8) is 0 Å². The van der Waals surface area contributed by atoms with Gasteiger partial charge in [0.25, 0.3) is 0 Å². The number of nitrogens with zero attached hydrogens (tertiary/aromatic N) is 10. The zero-order chi connectivity index (χ0) is 38.9. The highest BCUT2D eigenvalue weighted by Gasteiger charge is 2.27. The lowest BCUT2D eigenvalue weighted by atomic mass is 10.0. The lowest BCUT2D eigenvalue weighted by Crippen LogP contribution is -2.44. The van der Waals surface area contributed by atoms with E-state index in [0.29, 0.717) is 55.6 Å². The number of imidazole rings is 1. The number of anilines is 2. The number of esters is 1. The second-order valence-electron chi connectivity index (χ2n) is 14.1. The molecule has 2 atom stereocenters. The number of aryl methyl sites for hydroxylation is 3. The van der Waals surface area contributed by atoms with Gasteiger partial charge in [-0.25, -0.2) is 19.7 Å². The summed E-state index contributed by atoms with van der Waals surface area (Å²) in [6.45, 7) is 12.4. The second kappa shape index (κ2) is 15.5. The van der Waals surface area contributed by atoms with Gasteiger partial charge in [-0.05, 0) is 63.1 Å². The van der Waals surface area contributed by atoms with Crippen LogP contribution in [0.5, 0.6) is 0 Å². The van der Waals surface area contributed by atoms with Crippen molar-refractivity contribution < 1.29 is 19.0 Å². The van der Waals surface area contributed by atoms with Crippen LogP contribution in [0.1, 0.15) is 35.3 Å². The molecule has 9 heterocycles. The topological polar surface area (TPSA) is 178 Å². The number of pyridine rings is 4. The van der Waals surface area contributed by atoms with Crippen molar-refractivity contribution in [2.24, 2.45) is 7.05 Å². The summed E-state index contributed by atoms with van der Waals surface area (Å²) in [5.41, 5.74) is 9.14. The molecule has 0 saturated carbocycles. The Labute approximate surface area is 323 Å². The van der Waals surface area contributed by atoms with E-state index in [1.807, 2.05) is 49.4 Å². The Morgan fingerprint density at radius 2 is 1.36 bits per heavy atom. The average molecular weight is 757 g/mol. The summed E-state index contributed by atoms with van der Waals surface area (Å²) >= 11 is 0. The largest absolute Gasteiger partial charge is 0.465 e. The van der Waals surface area contributed by atoms with Crippen molar-refractivity contribution in [3.05, 3.63) is 78.3 Å². The number of carbonyl (C=O) groups is 1. The highest BCUT2D eigenvalue weighted by atomic mass is 16.5. The molecule has 0 spiro atoms. The van der Waals surface area contributed by atoms with Gasteiger partial charge in [-0.3, -0.25) is 20.2 Å². The average Bonchev–Trinajstić information content (AvgIpc) is 4.03. The van der Waals surface area contributed by atoms with Gasteiger partial charge in [0.15, 0.2) is 0 Å². The predicted molar refractivity (Wildman–Crippen MR) is 213 cm³/mol. The zero-order valence-electron chi connectivity index (χ0n) is 32.3. The van der Waals surface area contributed by atoms with Crippen molar-refractivity contribution in [1.29, 1.82) is 0 Å². The molecule has 56 heavy (non-hydrogen) atoms. The number of aromatic nitrogens is 10. The highest BCUT2D eigenvalue weighted by Crippen LogP contribution is 2.37. The van der Waals surface area contributed by atoms with E-state index in [9.17, 15) is 4.79 Å². The number of nitrogens with one attached hydrogen (secondary N) is 2. The molecule has 0 aromatic carbocycles. The van der Waals surface area contributed by atoms with Crippen molar-refractivity contribution in [2.75, 3.05) is 56.4 Å². The molecule has 0 amide bonds. The Hall–Kier alpha value is -6.26. The lowest BCUT2D eigenvalue weighted by molar-refractivity contribution is 0.0602. The van der Waals surface area contributed by atoms with Gasteiger partial charge in [0.1, 0.15) is 34.1 Å². The molecule has 7 aromatic heterocycles. The summed E-state index contributed by atoms with van der Waals surface area (Å²) in [5.74, 6) is 1.25. The van der Waals surface area contributed by atoms with Crippen LogP contribution < -0.4 is 9.80 Å². The minimum Gasteiger partial charge on any atom is -0.465 e. The summed E-state index contributed by atoms with van der Waals surface area (Å²) in [5, 5.41) is 15.9. The third kappa shape index (κ3) is 6.81. The number of hydrogen-bond acceptors (Lipinski definition) is 13. The first-order valence-corrected chi connectivity index (χ1v) is 18.6. The quantitative estimate of drug-likeness (QED) is 0.209. The number of ether oxygens (including phenoxy) is 3. The zero-order valence-corrected chi connectivity index (χ0v) is 32.3. The molecular weight excluding hydrogens is 713 g/mol. The van der Waals surface area contributed by atoms with E-state index in [4.69, 9.17) is 29.2 Å². The molecule has 2 fully saturated rings. The molecule has 2 saturated heterocycles. The fraction of sp³-hybridized carbons (Fsp3) is 0.350. The number of rotatable bonds is 6. The first-order chi connectivity index (χ1) is 27.2. The van der Waals surface area contributed by atoms with Crippen molar-refractivity contribution in [3.8, 4) is 34.0 Å². The van der Waals surface area contributed by atoms with Crippen LogP contribution in [0, 0.1) is 13.8 Å². The molecule has 2 N–H and O–H groups in total. The van der Waals surface area contributed by atoms with Crippen LogP contribution in [-0.4, -0.2) is 115 Å². The van der Waals surface area contributed by atoms with Crippen molar-refractivity contribution >= 4 is 39.4 Å². The lowest BCUT2D eigenvalue weighted by Gasteiger charge is -2.34. The Balaban J connectivity index is 0.000000158. The van der Waals surface area contributed by atoms with Gasteiger partial charge in [0, 0.05) is 61.3 Å². The number of fused-ring (bicyclic) bond motifs is 2. The highest BCUT2D eigenvalue weighted by molar-refractivity contribution is 6.08. The van der Waals surface area contributed by atoms with E-state index in [0.717, 1.165) is 68.1 Å². The maximum absolute atomic E-state index is 12.6. The Morgan fingerprint density at radius 1 is 0.804 bits per heavy atom. The standard InChI is InChI=1S/C21H23N7O.C19H21N5O3/c1-13-9-23-20(16-4-5-24-26-16)21-19(13)15(17-10-22-12-27(17)3)8-18(25-21)28-6-7-29-11-14(28)2;1-11-9-20-17(14-4-5-21-23-14)18-16(11)13(19(25)26-3)8-15(22-18)24-6-7-27-10-12(24)2/h4-5,8-10,12,14H,6-7,11H2,1-3H3,(H,24,26);4-5,8-9,12H,6-7,10H2,1-3H3,(H,21,23)/t14-;12-/m11/s1. The van der Waals surface area contributed by atoms with Gasteiger partial charge in [0.2, 0.25) is 0 Å². The molecule has 2 aliphatic heterocycles. The normalized spacial score (nSPS) is 17.2. The van der Waals surface area contributed by atoms with Gasteiger partial charge in [-0.2, -0.15) is 10.2 Å². The van der Waals surface area contributed by atoms with Crippen molar-refractivity contribution in [2.45, 2.75) is 39.8 Å². The SMILES string of the molecule is COC(=O)c1cc(N2CCOC[C@H]2C)nc2c(-c3ccn[nH]3)ncc(C)c12.Cc1cnc(-c2ccn[nH]2)c2nc(N3CCOC[C@H]3C)cc(-c3cncn3C)c12. The van der Waals surface area contributed by atoms with E-state index in [-0.39, 0.29) is 12.1 Å². The van der Waals surface area contributed by atoms with Gasteiger partial charge < -0.3 is 28.6 Å². The Bertz CT molecular complexity index is 2500.